The number of amides is 1. The Hall–Kier alpha value is -3.66. The van der Waals surface area contributed by atoms with Gasteiger partial charge < -0.3 is 15.2 Å². The highest BCUT2D eigenvalue weighted by Crippen LogP contribution is 2.38. The van der Waals surface area contributed by atoms with Crippen LogP contribution in [0.2, 0.25) is 10.0 Å². The summed E-state index contributed by atoms with van der Waals surface area (Å²) in [5, 5.41) is 32.5. The first kappa shape index (κ1) is 27.9. The van der Waals surface area contributed by atoms with Crippen LogP contribution in [0.1, 0.15) is 23.1 Å². The maximum atomic E-state index is 12.9. The largest absolute Gasteiger partial charge is 0.481 e. The van der Waals surface area contributed by atoms with Crippen molar-refractivity contribution in [2.24, 2.45) is 0 Å². The molecule has 1 unspecified atom stereocenters. The van der Waals surface area contributed by atoms with Gasteiger partial charge in [0.1, 0.15) is 12.6 Å². The number of ketones is 1. The number of rotatable bonds is 11. The fraction of sp³-hybridized carbons (Fsp3) is 0.261. The average Bonchev–Trinajstić information content (AvgIpc) is 3.27. The number of halogens is 2. The van der Waals surface area contributed by atoms with Crippen molar-refractivity contribution in [3.63, 3.8) is 0 Å². The third kappa shape index (κ3) is 8.18. The Morgan fingerprint density at radius 3 is 2.51 bits per heavy atom. The van der Waals surface area contributed by atoms with Gasteiger partial charge in [0.05, 0.1) is 39.6 Å². The quantitative estimate of drug-likeness (QED) is 0.352. The Morgan fingerprint density at radius 2 is 1.89 bits per heavy atom. The number of aromatic nitrogens is 4. The number of carbonyl (C=O) groups excluding carboxylic acids is 2. The molecular weight excluding hydrogens is 543 g/mol. The molecule has 11 nitrogen and oxygen atoms in total. The van der Waals surface area contributed by atoms with Crippen LogP contribution in [0.15, 0.2) is 46.5 Å². The third-order valence-electron chi connectivity index (χ3n) is 4.91. The first-order chi connectivity index (χ1) is 17.7. The summed E-state index contributed by atoms with van der Waals surface area (Å²) >= 11 is 13.6. The van der Waals surface area contributed by atoms with Gasteiger partial charge in [-0.15, -0.1) is 5.10 Å². The molecule has 0 bridgehead atoms. The molecule has 0 spiro atoms. The maximum Gasteiger partial charge on any atom is 0.407 e. The van der Waals surface area contributed by atoms with E-state index in [-0.39, 0.29) is 11.8 Å². The molecule has 1 heterocycles. The first-order valence-corrected chi connectivity index (χ1v) is 12.3. The Morgan fingerprint density at radius 1 is 1.22 bits per heavy atom. The van der Waals surface area contributed by atoms with Crippen LogP contribution in [0.4, 0.5) is 4.79 Å². The zero-order valence-electron chi connectivity index (χ0n) is 19.4. The number of nitrogens with one attached hydrogen (secondary N) is 1. The molecule has 1 aromatic heterocycles. The molecule has 2 N–H and O–H groups in total. The van der Waals surface area contributed by atoms with Gasteiger partial charge in [-0.25, -0.2) is 9.48 Å². The summed E-state index contributed by atoms with van der Waals surface area (Å²) in [6.07, 6.45) is -1.24. The number of ether oxygens (including phenoxy) is 1. The minimum Gasteiger partial charge on any atom is -0.481 e. The smallest absolute Gasteiger partial charge is 0.407 e. The minimum absolute atomic E-state index is 0.0163. The number of tetrazole rings is 1. The van der Waals surface area contributed by atoms with Gasteiger partial charge in [-0.2, -0.15) is 5.26 Å². The highest BCUT2D eigenvalue weighted by Gasteiger charge is 2.26. The van der Waals surface area contributed by atoms with Gasteiger partial charge in [-0.1, -0.05) is 35.3 Å². The van der Waals surface area contributed by atoms with E-state index < -0.39 is 36.9 Å². The third-order valence-corrected chi connectivity index (χ3v) is 6.85. The molecule has 0 aliphatic carbocycles. The fourth-order valence-corrected chi connectivity index (χ4v) is 4.72. The highest BCUT2D eigenvalue weighted by molar-refractivity contribution is 7.99. The summed E-state index contributed by atoms with van der Waals surface area (Å²) in [5.41, 5.74) is 2.20. The monoisotopic (exact) mass is 562 g/mol. The summed E-state index contributed by atoms with van der Waals surface area (Å²) in [6, 6.07) is 10.8. The molecule has 0 saturated heterocycles. The number of carboxylic acid groups (broad SMARTS) is 1. The molecule has 1 amide bonds. The summed E-state index contributed by atoms with van der Waals surface area (Å²) in [4.78, 5) is 36.9. The Bertz CT molecular complexity index is 1320. The molecule has 14 heteroatoms. The SMILES string of the molecule is Cc1cc(Cl)c(Sc2nnnn2CC(=O)C(CC(=O)O)NC(=O)OCCc2ccc(C#N)cc2)c(Cl)c1. The lowest BCUT2D eigenvalue weighted by molar-refractivity contribution is -0.139. The van der Waals surface area contributed by atoms with Crippen molar-refractivity contribution in [3.05, 3.63) is 63.1 Å². The van der Waals surface area contributed by atoms with Gasteiger partial charge in [0, 0.05) is 6.42 Å². The number of Topliss-reactive ketones (excluding diaryl/α,β-unsaturated/α-hetero) is 1. The zero-order chi connectivity index (χ0) is 26.9. The van der Waals surface area contributed by atoms with Gasteiger partial charge in [0.15, 0.2) is 5.78 Å². The highest BCUT2D eigenvalue weighted by atomic mass is 35.5. The second-order valence-corrected chi connectivity index (χ2v) is 9.53. The second-order valence-electron chi connectivity index (χ2n) is 7.73. The van der Waals surface area contributed by atoms with Crippen LogP contribution in [0, 0.1) is 18.3 Å². The standard InChI is InChI=1S/C23H20Cl2N6O5S/c1-13-8-16(24)21(17(25)9-13)37-22-28-29-30-31(22)12-19(32)18(10-20(33)34)27-23(35)36-7-6-14-2-4-15(11-26)5-3-14/h2-5,8-9,18H,6-7,10,12H2,1H3,(H,27,35)(H,33,34). The molecule has 0 aliphatic heterocycles. The van der Waals surface area contributed by atoms with Crippen molar-refractivity contribution in [3.8, 4) is 6.07 Å². The minimum atomic E-state index is -1.38. The predicted molar refractivity (Wildman–Crippen MR) is 134 cm³/mol. The van der Waals surface area contributed by atoms with Gasteiger partial charge in [0.2, 0.25) is 5.16 Å². The summed E-state index contributed by atoms with van der Waals surface area (Å²) in [5.74, 6) is -1.94. The molecule has 3 rings (SSSR count). The summed E-state index contributed by atoms with van der Waals surface area (Å²) in [6.45, 7) is 1.40. The van der Waals surface area contributed by atoms with Crippen LogP contribution in [-0.4, -0.2) is 55.8 Å². The van der Waals surface area contributed by atoms with E-state index in [1.54, 1.807) is 36.4 Å². The van der Waals surface area contributed by atoms with Crippen LogP contribution >= 0.6 is 35.0 Å². The number of carboxylic acids is 1. The number of alkyl carbamates (subject to hydrolysis) is 1. The Balaban J connectivity index is 1.61. The average molecular weight is 563 g/mol. The Labute approximate surface area is 225 Å². The molecular formula is C23H20Cl2N6O5S. The fourth-order valence-electron chi connectivity index (χ4n) is 3.11. The van der Waals surface area contributed by atoms with Gasteiger partial charge in [-0.05, 0) is 64.5 Å². The molecule has 0 saturated carbocycles. The van der Waals surface area contributed by atoms with E-state index in [0.29, 0.717) is 26.9 Å². The van der Waals surface area contributed by atoms with Crippen LogP contribution in [0.5, 0.6) is 0 Å². The van der Waals surface area contributed by atoms with Gasteiger partial charge in [0.25, 0.3) is 0 Å². The maximum absolute atomic E-state index is 12.9. The number of hydrogen-bond donors (Lipinski definition) is 2. The van der Waals surface area contributed by atoms with E-state index in [9.17, 15) is 19.5 Å². The molecule has 192 valence electrons. The van der Waals surface area contributed by atoms with Crippen LogP contribution < -0.4 is 5.32 Å². The zero-order valence-corrected chi connectivity index (χ0v) is 21.7. The predicted octanol–water partition coefficient (Wildman–Crippen LogP) is 3.69. The molecule has 1 atom stereocenters. The van der Waals surface area contributed by atoms with E-state index in [2.05, 4.69) is 20.8 Å². The normalized spacial score (nSPS) is 11.4. The van der Waals surface area contributed by atoms with Crippen molar-refractivity contribution < 1.29 is 24.2 Å². The number of nitriles is 1. The molecule has 3 aromatic rings. The summed E-state index contributed by atoms with van der Waals surface area (Å²) in [7, 11) is 0. The topological polar surface area (TPSA) is 160 Å². The molecule has 0 radical (unpaired) electrons. The van der Waals surface area contributed by atoms with E-state index in [4.69, 9.17) is 33.2 Å². The van der Waals surface area contributed by atoms with Crippen LogP contribution in [-0.2, 0) is 27.3 Å². The number of hydrogen-bond acceptors (Lipinski definition) is 9. The Kier molecular flexibility index (Phi) is 9.85. The van der Waals surface area contributed by atoms with E-state index >= 15 is 0 Å². The van der Waals surface area contributed by atoms with Crippen molar-refractivity contribution in [2.45, 2.75) is 42.4 Å². The van der Waals surface area contributed by atoms with Crippen molar-refractivity contribution in [2.75, 3.05) is 6.61 Å². The number of nitrogens with zero attached hydrogens (tertiary/aromatic N) is 5. The lowest BCUT2D eigenvalue weighted by Crippen LogP contribution is -2.44. The number of carbonyl (C=O) groups is 3. The van der Waals surface area contributed by atoms with Crippen molar-refractivity contribution in [1.29, 1.82) is 5.26 Å². The second kappa shape index (κ2) is 13.0. The number of aliphatic carboxylic acids is 1. The van der Waals surface area contributed by atoms with Crippen LogP contribution in [0.3, 0.4) is 0 Å². The molecule has 2 aromatic carbocycles. The summed E-state index contributed by atoms with van der Waals surface area (Å²) < 4.78 is 6.26. The number of aryl methyl sites for hydroxylation is 1. The van der Waals surface area contributed by atoms with Gasteiger partial charge >= 0.3 is 12.1 Å². The van der Waals surface area contributed by atoms with Crippen LogP contribution in [0.25, 0.3) is 0 Å². The van der Waals surface area contributed by atoms with E-state index in [0.717, 1.165) is 27.6 Å². The van der Waals surface area contributed by atoms with Crippen molar-refractivity contribution >= 4 is 52.8 Å². The van der Waals surface area contributed by atoms with E-state index in [1.165, 1.54) is 0 Å². The molecule has 0 aliphatic rings. The molecule has 37 heavy (non-hydrogen) atoms. The van der Waals surface area contributed by atoms with Crippen molar-refractivity contribution in [1.82, 2.24) is 25.5 Å². The molecule has 0 fully saturated rings. The lowest BCUT2D eigenvalue weighted by atomic mass is 10.1. The van der Waals surface area contributed by atoms with Gasteiger partial charge in [-0.3, -0.25) is 9.59 Å². The first-order valence-electron chi connectivity index (χ1n) is 10.7. The number of benzene rings is 2. The van der Waals surface area contributed by atoms with E-state index in [1.807, 2.05) is 13.0 Å². The lowest BCUT2D eigenvalue weighted by Gasteiger charge is -2.16.